The molecule has 3 rings (SSSR count). The lowest BCUT2D eigenvalue weighted by Crippen LogP contribution is -2.16. The van der Waals surface area contributed by atoms with Crippen molar-refractivity contribution < 1.29 is 18.0 Å². The highest BCUT2D eigenvalue weighted by molar-refractivity contribution is 5.96. The number of anilines is 1. The zero-order valence-corrected chi connectivity index (χ0v) is 12.2. The van der Waals surface area contributed by atoms with Gasteiger partial charge in [-0.3, -0.25) is 4.79 Å². The molecule has 0 atom stereocenters. The van der Waals surface area contributed by atoms with Gasteiger partial charge in [0.05, 0.1) is 12.1 Å². The third-order valence-electron chi connectivity index (χ3n) is 3.62. The van der Waals surface area contributed by atoms with Crippen molar-refractivity contribution in [2.45, 2.75) is 13.3 Å². The van der Waals surface area contributed by atoms with Crippen molar-refractivity contribution in [2.75, 3.05) is 5.32 Å². The van der Waals surface area contributed by atoms with Crippen LogP contribution in [-0.2, 0) is 11.2 Å². The minimum atomic E-state index is -0.721. The van der Waals surface area contributed by atoms with E-state index in [-0.39, 0.29) is 12.1 Å². The molecule has 0 fully saturated rings. The number of rotatable bonds is 3. The number of carbonyl (C=O) groups excluding carboxylic acids is 1. The van der Waals surface area contributed by atoms with Gasteiger partial charge in [-0.1, -0.05) is 0 Å². The maximum Gasteiger partial charge on any atom is 0.228 e. The average Bonchev–Trinajstić information content (AvgIpc) is 2.79. The first-order chi connectivity index (χ1) is 10.9. The first-order valence-corrected chi connectivity index (χ1v) is 6.95. The van der Waals surface area contributed by atoms with Crippen LogP contribution < -0.4 is 5.32 Å². The first-order valence-electron chi connectivity index (χ1n) is 6.95. The Kier molecular flexibility index (Phi) is 3.82. The fraction of sp³-hybridized carbons (Fsp3) is 0.118. The molecule has 0 spiro atoms. The summed E-state index contributed by atoms with van der Waals surface area (Å²) in [6.45, 7) is 1.77. The van der Waals surface area contributed by atoms with Crippen molar-refractivity contribution in [3.05, 3.63) is 65.1 Å². The van der Waals surface area contributed by atoms with Crippen LogP contribution in [-0.4, -0.2) is 10.9 Å². The van der Waals surface area contributed by atoms with Gasteiger partial charge in [-0.25, -0.2) is 13.2 Å². The number of aromatic nitrogens is 1. The number of hydrogen-bond donors (Lipinski definition) is 2. The second kappa shape index (κ2) is 5.79. The van der Waals surface area contributed by atoms with Crippen molar-refractivity contribution in [3.63, 3.8) is 0 Å². The van der Waals surface area contributed by atoms with Gasteiger partial charge in [0.1, 0.15) is 17.5 Å². The smallest absolute Gasteiger partial charge is 0.228 e. The SMILES string of the molecule is Cc1[nH]c2ccc(F)cc2c1CC(=O)Nc1cc(F)ccc1F. The van der Waals surface area contributed by atoms with Crippen LogP contribution in [0.15, 0.2) is 36.4 Å². The normalized spacial score (nSPS) is 11.0. The van der Waals surface area contributed by atoms with E-state index < -0.39 is 23.4 Å². The summed E-state index contributed by atoms with van der Waals surface area (Å²) in [5, 5.41) is 2.93. The lowest BCUT2D eigenvalue weighted by Gasteiger charge is -2.07. The molecule has 6 heteroatoms. The minimum Gasteiger partial charge on any atom is -0.358 e. The number of aryl methyl sites for hydroxylation is 1. The summed E-state index contributed by atoms with van der Waals surface area (Å²) in [6, 6.07) is 7.07. The Labute approximate surface area is 130 Å². The van der Waals surface area contributed by atoms with Gasteiger partial charge >= 0.3 is 0 Å². The van der Waals surface area contributed by atoms with Gasteiger partial charge in [0.15, 0.2) is 0 Å². The van der Waals surface area contributed by atoms with Gasteiger partial charge in [-0.2, -0.15) is 0 Å². The van der Waals surface area contributed by atoms with E-state index in [9.17, 15) is 18.0 Å². The van der Waals surface area contributed by atoms with E-state index in [4.69, 9.17) is 0 Å². The number of benzene rings is 2. The monoisotopic (exact) mass is 318 g/mol. The summed E-state index contributed by atoms with van der Waals surface area (Å²) in [5.41, 5.74) is 1.83. The van der Waals surface area contributed by atoms with Crippen LogP contribution in [0.3, 0.4) is 0 Å². The molecule has 0 aliphatic carbocycles. The number of H-pyrrole nitrogens is 1. The molecule has 1 heterocycles. The molecule has 3 aromatic rings. The zero-order chi connectivity index (χ0) is 16.6. The highest BCUT2D eigenvalue weighted by Gasteiger charge is 2.15. The number of amides is 1. The second-order valence-electron chi connectivity index (χ2n) is 5.27. The van der Waals surface area contributed by atoms with E-state index in [0.29, 0.717) is 16.5 Å². The van der Waals surface area contributed by atoms with E-state index in [1.54, 1.807) is 13.0 Å². The predicted octanol–water partition coefficient (Wildman–Crippen LogP) is 4.07. The summed E-state index contributed by atoms with van der Waals surface area (Å²) < 4.78 is 40.1. The number of nitrogens with one attached hydrogen (secondary N) is 2. The van der Waals surface area contributed by atoms with Crippen molar-refractivity contribution in [1.29, 1.82) is 0 Å². The molecule has 1 aromatic heterocycles. The molecule has 0 radical (unpaired) electrons. The van der Waals surface area contributed by atoms with Crippen LogP contribution in [0.25, 0.3) is 10.9 Å². The molecule has 0 aliphatic heterocycles. The molecule has 23 heavy (non-hydrogen) atoms. The summed E-state index contributed by atoms with van der Waals surface area (Å²) in [5.74, 6) is -2.29. The van der Waals surface area contributed by atoms with Crippen molar-refractivity contribution in [3.8, 4) is 0 Å². The number of carbonyl (C=O) groups is 1. The average molecular weight is 318 g/mol. The van der Waals surface area contributed by atoms with Crippen LogP contribution in [0.4, 0.5) is 18.9 Å². The maximum atomic E-state index is 13.6. The topological polar surface area (TPSA) is 44.9 Å². The van der Waals surface area contributed by atoms with E-state index in [2.05, 4.69) is 10.3 Å². The fourth-order valence-corrected chi connectivity index (χ4v) is 2.53. The van der Waals surface area contributed by atoms with Gasteiger partial charge in [-0.05, 0) is 42.8 Å². The Bertz CT molecular complexity index is 902. The fourth-order valence-electron chi connectivity index (χ4n) is 2.53. The van der Waals surface area contributed by atoms with Crippen LogP contribution in [0.1, 0.15) is 11.3 Å². The van der Waals surface area contributed by atoms with E-state index in [1.807, 2.05) is 0 Å². The van der Waals surface area contributed by atoms with Crippen LogP contribution in [0.5, 0.6) is 0 Å². The van der Waals surface area contributed by atoms with Crippen molar-refractivity contribution in [2.24, 2.45) is 0 Å². The second-order valence-corrected chi connectivity index (χ2v) is 5.27. The summed E-state index contributed by atoms with van der Waals surface area (Å²) in [4.78, 5) is 15.2. The Morgan fingerprint density at radius 2 is 1.78 bits per heavy atom. The molecule has 0 bridgehead atoms. The molecule has 0 aliphatic rings. The van der Waals surface area contributed by atoms with E-state index in [1.165, 1.54) is 12.1 Å². The third kappa shape index (κ3) is 3.06. The standard InChI is InChI=1S/C17H13F3N2O/c1-9-12(13-6-10(18)3-5-15(13)21-9)8-17(23)22-16-7-11(19)2-4-14(16)20/h2-7,21H,8H2,1H3,(H,22,23). The number of halogens is 3. The Morgan fingerprint density at radius 3 is 2.57 bits per heavy atom. The summed E-state index contributed by atoms with van der Waals surface area (Å²) in [7, 11) is 0. The van der Waals surface area contributed by atoms with Gasteiger partial charge < -0.3 is 10.3 Å². The molecular formula is C17H13F3N2O. The van der Waals surface area contributed by atoms with E-state index in [0.717, 1.165) is 23.9 Å². The quantitative estimate of drug-likeness (QED) is 0.751. The maximum absolute atomic E-state index is 13.6. The molecule has 118 valence electrons. The molecule has 1 amide bonds. The van der Waals surface area contributed by atoms with Gasteiger partial charge in [0, 0.05) is 22.7 Å². The molecule has 0 unspecified atom stereocenters. The lowest BCUT2D eigenvalue weighted by atomic mass is 10.1. The van der Waals surface area contributed by atoms with Crippen molar-refractivity contribution in [1.82, 2.24) is 4.98 Å². The van der Waals surface area contributed by atoms with E-state index >= 15 is 0 Å². The largest absolute Gasteiger partial charge is 0.358 e. The number of aromatic amines is 1. The molecule has 2 N–H and O–H groups in total. The highest BCUT2D eigenvalue weighted by atomic mass is 19.1. The molecule has 2 aromatic carbocycles. The zero-order valence-electron chi connectivity index (χ0n) is 12.2. The Hall–Kier alpha value is -2.76. The van der Waals surface area contributed by atoms with Crippen LogP contribution in [0, 0.1) is 24.4 Å². The molecular weight excluding hydrogens is 305 g/mol. The highest BCUT2D eigenvalue weighted by Crippen LogP contribution is 2.24. The number of fused-ring (bicyclic) bond motifs is 1. The lowest BCUT2D eigenvalue weighted by molar-refractivity contribution is -0.115. The molecule has 0 saturated heterocycles. The molecule has 3 nitrogen and oxygen atoms in total. The van der Waals surface area contributed by atoms with Gasteiger partial charge in [0.25, 0.3) is 0 Å². The summed E-state index contributed by atoms with van der Waals surface area (Å²) in [6.07, 6.45) is -0.0781. The molecule has 0 saturated carbocycles. The Balaban J connectivity index is 1.87. The Morgan fingerprint density at radius 1 is 1.09 bits per heavy atom. The van der Waals surface area contributed by atoms with Gasteiger partial charge in [0.2, 0.25) is 5.91 Å². The number of hydrogen-bond acceptors (Lipinski definition) is 1. The minimum absolute atomic E-state index is 0.0781. The summed E-state index contributed by atoms with van der Waals surface area (Å²) >= 11 is 0. The third-order valence-corrected chi connectivity index (χ3v) is 3.62. The van der Waals surface area contributed by atoms with Crippen molar-refractivity contribution >= 4 is 22.5 Å². The van der Waals surface area contributed by atoms with Crippen LogP contribution >= 0.6 is 0 Å². The van der Waals surface area contributed by atoms with Gasteiger partial charge in [-0.15, -0.1) is 0 Å². The predicted molar refractivity (Wildman–Crippen MR) is 81.7 cm³/mol. The first kappa shape index (κ1) is 15.1. The van der Waals surface area contributed by atoms with Crippen LogP contribution in [0.2, 0.25) is 0 Å².